The highest BCUT2D eigenvalue weighted by Crippen LogP contribution is 2.29. The fourth-order valence-corrected chi connectivity index (χ4v) is 2.05. The van der Waals surface area contributed by atoms with Crippen molar-refractivity contribution in [1.29, 1.82) is 0 Å². The van der Waals surface area contributed by atoms with Crippen LogP contribution in [0.1, 0.15) is 0 Å². The Bertz CT molecular complexity index is 781. The van der Waals surface area contributed by atoms with Crippen LogP contribution in [0.4, 0.5) is 17.1 Å². The van der Waals surface area contributed by atoms with Crippen LogP contribution >= 0.6 is 11.6 Å². The van der Waals surface area contributed by atoms with Crippen molar-refractivity contribution in [3.8, 4) is 0 Å². The zero-order valence-electron chi connectivity index (χ0n) is 11.1. The molecule has 2 aromatic rings. The van der Waals surface area contributed by atoms with Crippen LogP contribution in [0.15, 0.2) is 47.4 Å². The third-order valence-corrected chi connectivity index (χ3v) is 3.60. The summed E-state index contributed by atoms with van der Waals surface area (Å²) in [5, 5.41) is 10.6. The second kappa shape index (κ2) is 7.18. The highest BCUT2D eigenvalue weighted by atomic mass is 35.5. The van der Waals surface area contributed by atoms with Crippen LogP contribution < -0.4 is 11.5 Å². The minimum absolute atomic E-state index is 0.114. The lowest BCUT2D eigenvalue weighted by Gasteiger charge is -2.04. The number of halogens is 1. The van der Waals surface area contributed by atoms with Gasteiger partial charge in [-0.25, -0.2) is 8.42 Å². The molecule has 0 aliphatic carbocycles. The molecule has 0 bridgehead atoms. The lowest BCUT2D eigenvalue weighted by atomic mass is 10.2. The van der Waals surface area contributed by atoms with Gasteiger partial charge in [-0.2, -0.15) is 0 Å². The van der Waals surface area contributed by atoms with E-state index in [1.54, 1.807) is 6.07 Å². The van der Waals surface area contributed by atoms with Crippen molar-refractivity contribution < 1.29 is 23.6 Å². The van der Waals surface area contributed by atoms with Gasteiger partial charge in [0.2, 0.25) is 5.69 Å². The summed E-state index contributed by atoms with van der Waals surface area (Å²) in [6.07, 6.45) is 0. The standard InChI is InChI=1S/C6H6ClN3O2.C6H6O3S/c7-3-1-5(9)6(10(11)12)2-4(3)8;7-10(8,9)6-4-2-1-3-5-6/h1-2H,8-9H2;1-5H,(H,7,8,9). The monoisotopic (exact) mass is 345 g/mol. The molecule has 0 saturated carbocycles. The maximum Gasteiger partial charge on any atom is 0.331 e. The van der Waals surface area contributed by atoms with Gasteiger partial charge in [-0.1, -0.05) is 29.8 Å². The van der Waals surface area contributed by atoms with Gasteiger partial charge in [0.1, 0.15) is 10.1 Å². The molecule has 10 heteroatoms. The number of anilines is 1. The van der Waals surface area contributed by atoms with E-state index < -0.39 is 15.0 Å². The first-order valence-electron chi connectivity index (χ1n) is 5.69. The van der Waals surface area contributed by atoms with Crippen molar-refractivity contribution in [3.63, 3.8) is 0 Å². The molecule has 8 nitrogen and oxygen atoms in total. The maximum atomic E-state index is 10.4. The van der Waals surface area contributed by atoms with Gasteiger partial charge in [0.25, 0.3) is 0 Å². The number of nitro groups is 1. The van der Waals surface area contributed by atoms with E-state index in [1.165, 1.54) is 36.4 Å². The Morgan fingerprint density at radius 3 is 2.14 bits per heavy atom. The second-order valence-corrected chi connectivity index (χ2v) is 5.81. The Kier molecular flexibility index (Phi) is 5.83. The van der Waals surface area contributed by atoms with Crippen LogP contribution in [0.2, 0.25) is 5.02 Å². The molecule has 22 heavy (non-hydrogen) atoms. The topological polar surface area (TPSA) is 154 Å². The van der Waals surface area contributed by atoms with Gasteiger partial charge >= 0.3 is 5.69 Å². The fourth-order valence-electron chi connectivity index (χ4n) is 1.38. The zero-order valence-corrected chi connectivity index (χ0v) is 12.7. The van der Waals surface area contributed by atoms with Crippen molar-refractivity contribution in [3.05, 3.63) is 57.6 Å². The van der Waals surface area contributed by atoms with E-state index >= 15 is 0 Å². The number of hydrogen-bond acceptors (Lipinski definition) is 6. The second-order valence-electron chi connectivity index (χ2n) is 4.03. The third kappa shape index (κ3) is 4.97. The third-order valence-electron chi connectivity index (χ3n) is 2.43. The summed E-state index contributed by atoms with van der Waals surface area (Å²) < 4.78 is 30.8. The smallest absolute Gasteiger partial charge is 0.331 e. The Labute approximate surface area is 131 Å². The van der Waals surface area contributed by atoms with Crippen LogP contribution in [0.25, 0.3) is 0 Å². The first-order valence-corrected chi connectivity index (χ1v) is 7.48. The summed E-state index contributed by atoms with van der Waals surface area (Å²) in [6, 6.07) is 9.76. The molecule has 5 N–H and O–H groups in total. The SMILES string of the molecule is Nc1cc([N+](=O)[O-])c([NH3+])cc1Cl.O=S(=O)([O-])c1ccccc1. The fraction of sp³-hybridized carbons (Fsp3) is 0. The molecule has 0 amide bonds. The molecule has 0 spiro atoms. The van der Waals surface area contributed by atoms with Crippen LogP contribution in [0.5, 0.6) is 0 Å². The van der Waals surface area contributed by atoms with Crippen molar-refractivity contribution in [2.24, 2.45) is 0 Å². The lowest BCUT2D eigenvalue weighted by Crippen LogP contribution is -2.40. The molecule has 0 atom stereocenters. The average Bonchev–Trinajstić information content (AvgIpc) is 2.43. The molecule has 2 rings (SSSR count). The van der Waals surface area contributed by atoms with E-state index in [2.05, 4.69) is 5.73 Å². The van der Waals surface area contributed by atoms with Gasteiger partial charge in [0, 0.05) is 12.1 Å². The van der Waals surface area contributed by atoms with Crippen molar-refractivity contribution in [1.82, 2.24) is 0 Å². The summed E-state index contributed by atoms with van der Waals surface area (Å²) in [5.74, 6) is 0. The van der Waals surface area contributed by atoms with Gasteiger partial charge in [0.15, 0.2) is 0 Å². The van der Waals surface area contributed by atoms with E-state index in [0.29, 0.717) is 0 Å². The van der Waals surface area contributed by atoms with Crippen LogP contribution in [0.3, 0.4) is 0 Å². The molecular formula is C12H12ClN3O5S. The number of quaternary nitrogens is 1. The van der Waals surface area contributed by atoms with Gasteiger partial charge in [0.05, 0.1) is 20.5 Å². The zero-order chi connectivity index (χ0) is 16.9. The molecule has 0 aromatic heterocycles. The number of nitro benzene ring substituents is 1. The molecule has 0 aliphatic rings. The molecule has 0 aliphatic heterocycles. The Morgan fingerprint density at radius 1 is 1.18 bits per heavy atom. The van der Waals surface area contributed by atoms with Crippen LogP contribution in [0, 0.1) is 10.1 Å². The molecule has 0 radical (unpaired) electrons. The molecular weight excluding hydrogens is 334 g/mol. The minimum atomic E-state index is -4.25. The number of nitrogens with zero attached hydrogens (tertiary/aromatic N) is 1. The summed E-state index contributed by atoms with van der Waals surface area (Å²) in [6.45, 7) is 0. The minimum Gasteiger partial charge on any atom is -0.744 e. The highest BCUT2D eigenvalue weighted by molar-refractivity contribution is 7.85. The molecule has 0 heterocycles. The summed E-state index contributed by atoms with van der Waals surface area (Å²) in [4.78, 5) is 9.62. The summed E-state index contributed by atoms with van der Waals surface area (Å²) >= 11 is 5.60. The Morgan fingerprint density at radius 2 is 1.73 bits per heavy atom. The number of nitrogens with two attached hydrogens (primary N) is 1. The predicted octanol–water partition coefficient (Wildman–Crippen LogP) is 1.29. The van der Waals surface area contributed by atoms with E-state index in [9.17, 15) is 23.1 Å². The van der Waals surface area contributed by atoms with Crippen molar-refractivity contribution in [2.75, 3.05) is 5.73 Å². The molecule has 0 fully saturated rings. The number of rotatable bonds is 2. The van der Waals surface area contributed by atoms with Crippen LogP contribution in [-0.2, 0) is 10.1 Å². The lowest BCUT2D eigenvalue weighted by molar-refractivity contribution is -0.395. The molecule has 2 aromatic carbocycles. The largest absolute Gasteiger partial charge is 0.744 e. The van der Waals surface area contributed by atoms with Crippen LogP contribution in [-0.4, -0.2) is 17.9 Å². The van der Waals surface area contributed by atoms with Crippen molar-refractivity contribution >= 4 is 38.8 Å². The molecule has 118 valence electrons. The van der Waals surface area contributed by atoms with E-state index in [-0.39, 0.29) is 27.0 Å². The Hall–Kier alpha value is -2.20. The number of nitrogen functional groups attached to an aromatic ring is 1. The summed E-state index contributed by atoms with van der Waals surface area (Å²) in [5.41, 5.74) is 9.16. The van der Waals surface area contributed by atoms with Gasteiger partial charge in [-0.3, -0.25) is 10.1 Å². The number of hydrogen-bond donors (Lipinski definition) is 2. The van der Waals surface area contributed by atoms with Gasteiger partial charge in [-0.15, -0.1) is 0 Å². The quantitative estimate of drug-likeness (QED) is 0.361. The van der Waals surface area contributed by atoms with E-state index in [0.717, 1.165) is 0 Å². The molecule has 0 unspecified atom stereocenters. The van der Waals surface area contributed by atoms with E-state index in [4.69, 9.17) is 17.3 Å². The Balaban J connectivity index is 0.000000224. The first kappa shape index (κ1) is 17.9. The first-order chi connectivity index (χ1) is 10.1. The van der Waals surface area contributed by atoms with Gasteiger partial charge < -0.3 is 16.0 Å². The van der Waals surface area contributed by atoms with E-state index in [1.807, 2.05) is 0 Å². The van der Waals surface area contributed by atoms with Gasteiger partial charge in [-0.05, 0) is 12.1 Å². The number of benzene rings is 2. The summed E-state index contributed by atoms with van der Waals surface area (Å²) in [7, 11) is -4.25. The van der Waals surface area contributed by atoms with Crippen molar-refractivity contribution in [2.45, 2.75) is 4.90 Å². The predicted molar refractivity (Wildman–Crippen MR) is 79.5 cm³/mol. The maximum absolute atomic E-state index is 10.4. The normalized spacial score (nSPS) is 10.5. The highest BCUT2D eigenvalue weighted by Gasteiger charge is 2.16. The molecule has 0 saturated heterocycles. The average molecular weight is 346 g/mol.